The van der Waals surface area contributed by atoms with Gasteiger partial charge in [0, 0.05) is 62.0 Å². The van der Waals surface area contributed by atoms with Crippen LogP contribution in [0.5, 0.6) is 0 Å². The first-order valence-corrected chi connectivity index (χ1v) is 12.9. The van der Waals surface area contributed by atoms with Gasteiger partial charge in [0.2, 0.25) is 5.95 Å². The maximum absolute atomic E-state index is 14.9. The summed E-state index contributed by atoms with van der Waals surface area (Å²) in [6.45, 7) is 7.57. The Morgan fingerprint density at radius 1 is 1.21 bits per heavy atom. The van der Waals surface area contributed by atoms with Gasteiger partial charge in [0.05, 0.1) is 29.7 Å². The zero-order valence-electron chi connectivity index (χ0n) is 21.8. The van der Waals surface area contributed by atoms with Crippen LogP contribution in [0.25, 0.3) is 22.2 Å². The molecule has 0 bridgehead atoms. The molecule has 0 saturated carbocycles. The van der Waals surface area contributed by atoms with Crippen LogP contribution in [0.3, 0.4) is 0 Å². The molecule has 0 atom stereocenters. The third-order valence-electron chi connectivity index (χ3n) is 7.72. The third kappa shape index (κ3) is 4.18. The second-order valence-corrected chi connectivity index (χ2v) is 10.5. The van der Waals surface area contributed by atoms with E-state index in [0.717, 1.165) is 60.5 Å². The molecule has 1 fully saturated rings. The van der Waals surface area contributed by atoms with E-state index in [-0.39, 0.29) is 23.1 Å². The quantitative estimate of drug-likeness (QED) is 0.399. The highest BCUT2D eigenvalue weighted by Crippen LogP contribution is 2.32. The largest absolute Gasteiger partial charge is 0.313 e. The predicted molar refractivity (Wildman–Crippen MR) is 143 cm³/mol. The summed E-state index contributed by atoms with van der Waals surface area (Å²) in [5.41, 5.74) is 4.99. The molecule has 2 aliphatic heterocycles. The summed E-state index contributed by atoms with van der Waals surface area (Å²) in [5.74, 6) is 0.698. The number of hydrogen-bond acceptors (Lipinski definition) is 8. The number of anilines is 2. The molecular formula is C28H30FN9. The number of aromatic nitrogens is 5. The van der Waals surface area contributed by atoms with Crippen LogP contribution in [0.15, 0.2) is 36.5 Å². The van der Waals surface area contributed by atoms with Crippen LogP contribution in [-0.4, -0.2) is 54.8 Å². The number of rotatable bonds is 6. The number of pyridine rings is 1. The van der Waals surface area contributed by atoms with Crippen molar-refractivity contribution in [3.63, 3.8) is 0 Å². The van der Waals surface area contributed by atoms with Crippen LogP contribution in [0.2, 0.25) is 0 Å². The smallest absolute Gasteiger partial charge is 0.229 e. The molecule has 0 unspecified atom stereocenters. The first-order valence-electron chi connectivity index (χ1n) is 12.9. The van der Waals surface area contributed by atoms with E-state index in [9.17, 15) is 9.65 Å². The van der Waals surface area contributed by atoms with Crippen molar-refractivity contribution in [2.75, 3.05) is 25.0 Å². The van der Waals surface area contributed by atoms with Gasteiger partial charge in [-0.1, -0.05) is 26.0 Å². The molecule has 1 aromatic carbocycles. The molecule has 4 aromatic rings. The summed E-state index contributed by atoms with van der Waals surface area (Å²) >= 11 is 0. The van der Waals surface area contributed by atoms with Gasteiger partial charge in [-0.25, -0.2) is 19.3 Å². The summed E-state index contributed by atoms with van der Waals surface area (Å²) in [5, 5.41) is 21.4. The lowest BCUT2D eigenvalue weighted by Crippen LogP contribution is -2.69. The van der Waals surface area contributed by atoms with E-state index in [1.54, 1.807) is 0 Å². The van der Waals surface area contributed by atoms with Gasteiger partial charge in [0.1, 0.15) is 11.5 Å². The van der Waals surface area contributed by atoms with Gasteiger partial charge >= 0.3 is 0 Å². The standard InChI is InChI=1S/C28H30FN9/c1-17(2)26-20-12-18(4-6-23(20)36-37(26)3)25-21(29)13-32-27(35-25)34-24-7-5-19-14-38(11-8-22(19)33-24)28(9-10-30)15-31-16-28/h4-7,12-13,17,31H,8-9,11,14-16H2,1-3H3,(H,32,33,34,35). The van der Waals surface area contributed by atoms with Crippen LogP contribution in [0, 0.1) is 17.1 Å². The van der Waals surface area contributed by atoms with Crippen LogP contribution in [0.1, 0.15) is 43.1 Å². The number of aryl methyl sites for hydroxylation is 1. The predicted octanol–water partition coefficient (Wildman–Crippen LogP) is 4.05. The monoisotopic (exact) mass is 511 g/mol. The highest BCUT2D eigenvalue weighted by molar-refractivity contribution is 5.86. The fourth-order valence-corrected chi connectivity index (χ4v) is 5.71. The number of halogens is 1. The summed E-state index contributed by atoms with van der Waals surface area (Å²) < 4.78 is 16.8. The molecule has 0 aliphatic carbocycles. The second-order valence-electron chi connectivity index (χ2n) is 10.5. The minimum atomic E-state index is -0.486. The molecular weight excluding hydrogens is 481 g/mol. The molecule has 2 N–H and O–H groups in total. The van der Waals surface area contributed by atoms with Gasteiger partial charge in [-0.05, 0) is 29.7 Å². The van der Waals surface area contributed by atoms with Crippen LogP contribution in [-0.2, 0) is 20.0 Å². The van der Waals surface area contributed by atoms with Crippen LogP contribution in [0.4, 0.5) is 16.2 Å². The molecule has 1 saturated heterocycles. The second kappa shape index (κ2) is 9.42. The van der Waals surface area contributed by atoms with E-state index in [4.69, 9.17) is 4.98 Å². The Morgan fingerprint density at radius 3 is 2.79 bits per heavy atom. The van der Waals surface area contributed by atoms with Crippen molar-refractivity contribution in [3.8, 4) is 17.3 Å². The Balaban J connectivity index is 1.25. The fourth-order valence-electron chi connectivity index (χ4n) is 5.71. The molecule has 194 valence electrons. The van der Waals surface area contributed by atoms with Crippen molar-refractivity contribution in [2.24, 2.45) is 7.05 Å². The van der Waals surface area contributed by atoms with E-state index in [1.165, 1.54) is 6.20 Å². The minimum absolute atomic E-state index is 0.0729. The number of benzene rings is 1. The maximum atomic E-state index is 14.9. The average molecular weight is 512 g/mol. The zero-order valence-corrected chi connectivity index (χ0v) is 21.8. The number of fused-ring (bicyclic) bond motifs is 2. The first kappa shape index (κ1) is 24.4. The van der Waals surface area contributed by atoms with Crippen LogP contribution >= 0.6 is 0 Å². The minimum Gasteiger partial charge on any atom is -0.313 e. The Labute approximate surface area is 220 Å². The molecule has 2 aliphatic rings. The van der Waals surface area contributed by atoms with Gasteiger partial charge < -0.3 is 10.6 Å². The van der Waals surface area contributed by atoms with Crippen molar-refractivity contribution in [1.82, 2.24) is 34.9 Å². The number of nitrogens with zero attached hydrogens (tertiary/aromatic N) is 7. The molecule has 6 rings (SSSR count). The Hall–Kier alpha value is -3.94. The summed E-state index contributed by atoms with van der Waals surface area (Å²) in [4.78, 5) is 15.9. The van der Waals surface area contributed by atoms with Crippen molar-refractivity contribution >= 4 is 22.7 Å². The molecule has 38 heavy (non-hydrogen) atoms. The maximum Gasteiger partial charge on any atom is 0.229 e. The lowest BCUT2D eigenvalue weighted by Gasteiger charge is -2.51. The fraction of sp³-hybridized carbons (Fsp3) is 0.393. The van der Waals surface area contributed by atoms with Crippen LogP contribution < -0.4 is 10.6 Å². The van der Waals surface area contributed by atoms with E-state index >= 15 is 0 Å². The van der Waals surface area contributed by atoms with Gasteiger partial charge in [0.15, 0.2) is 5.82 Å². The van der Waals surface area contributed by atoms with E-state index in [1.807, 2.05) is 36.0 Å². The molecule has 5 heterocycles. The Kier molecular flexibility index (Phi) is 6.05. The summed E-state index contributed by atoms with van der Waals surface area (Å²) in [6.07, 6.45) is 2.52. The van der Waals surface area contributed by atoms with Crippen molar-refractivity contribution < 1.29 is 4.39 Å². The molecule has 0 amide bonds. The Bertz CT molecular complexity index is 1560. The molecule has 10 heteroatoms. The molecule has 0 spiro atoms. The Morgan fingerprint density at radius 2 is 2.05 bits per heavy atom. The normalized spacial score (nSPS) is 16.7. The number of nitriles is 1. The molecule has 9 nitrogen and oxygen atoms in total. The van der Waals surface area contributed by atoms with E-state index in [2.05, 4.69) is 56.6 Å². The average Bonchev–Trinajstić information content (AvgIpc) is 3.22. The third-order valence-corrected chi connectivity index (χ3v) is 7.72. The van der Waals surface area contributed by atoms with Crippen molar-refractivity contribution in [3.05, 3.63) is 59.3 Å². The lowest BCUT2D eigenvalue weighted by atomic mass is 9.85. The van der Waals surface area contributed by atoms with Gasteiger partial charge in [-0.2, -0.15) is 10.4 Å². The highest BCUT2D eigenvalue weighted by Gasteiger charge is 2.43. The first-order chi connectivity index (χ1) is 18.4. The lowest BCUT2D eigenvalue weighted by molar-refractivity contribution is 0.0287. The van der Waals surface area contributed by atoms with E-state index < -0.39 is 5.82 Å². The molecule has 3 aromatic heterocycles. The highest BCUT2D eigenvalue weighted by atomic mass is 19.1. The van der Waals surface area contributed by atoms with E-state index in [0.29, 0.717) is 17.8 Å². The van der Waals surface area contributed by atoms with Crippen molar-refractivity contribution in [2.45, 2.75) is 44.7 Å². The van der Waals surface area contributed by atoms with Gasteiger partial charge in [-0.15, -0.1) is 0 Å². The number of hydrogen-bond donors (Lipinski definition) is 2. The number of nitrogens with one attached hydrogen (secondary N) is 2. The summed E-state index contributed by atoms with van der Waals surface area (Å²) in [7, 11) is 1.93. The topological polar surface area (TPSA) is 108 Å². The zero-order chi connectivity index (χ0) is 26.4. The summed E-state index contributed by atoms with van der Waals surface area (Å²) in [6, 6.07) is 12.0. The molecule has 0 radical (unpaired) electrons. The van der Waals surface area contributed by atoms with Gasteiger partial charge in [0.25, 0.3) is 0 Å². The van der Waals surface area contributed by atoms with Crippen molar-refractivity contribution in [1.29, 1.82) is 5.26 Å². The van der Waals surface area contributed by atoms with Gasteiger partial charge in [-0.3, -0.25) is 9.58 Å². The SMILES string of the molecule is CC(C)c1c2cc(-c3nc(Nc4ccc5c(n4)CCN(C4(CC#N)CNC4)C5)ncc3F)ccc2nn1C.